The van der Waals surface area contributed by atoms with Crippen molar-refractivity contribution in [3.63, 3.8) is 0 Å². The first-order valence-corrected chi connectivity index (χ1v) is 4.07. The van der Waals surface area contributed by atoms with E-state index < -0.39 is 23.5 Å². The van der Waals surface area contributed by atoms with Crippen LogP contribution in [0.15, 0.2) is 24.3 Å². The van der Waals surface area contributed by atoms with E-state index in [1.54, 1.807) is 19.1 Å². The maximum absolute atomic E-state index is 11.2. The van der Waals surface area contributed by atoms with Gasteiger partial charge >= 0.3 is 5.97 Å². The number of carbonyl (C=O) groups is 3. The highest BCUT2D eigenvalue weighted by Gasteiger charge is 2.28. The van der Waals surface area contributed by atoms with Gasteiger partial charge in [-0.2, -0.15) is 0 Å². The number of aliphatic carboxylic acids is 1. The molecule has 76 valence electrons. The molecule has 1 unspecified atom stereocenters. The molecule has 0 aromatic rings. The number of carboxylic acids is 1. The van der Waals surface area contributed by atoms with Crippen LogP contribution in [0.1, 0.15) is 13.8 Å². The number of rotatable bonds is 5. The number of ketones is 2. The van der Waals surface area contributed by atoms with E-state index in [-0.39, 0.29) is 0 Å². The summed E-state index contributed by atoms with van der Waals surface area (Å²) in [6, 6.07) is 0. The zero-order chi connectivity index (χ0) is 11.1. The van der Waals surface area contributed by atoms with Gasteiger partial charge in [-0.15, -0.1) is 0 Å². The molecular weight excluding hydrogens is 184 g/mol. The minimum Gasteiger partial charge on any atom is -0.480 e. The molecule has 0 aliphatic carbocycles. The summed E-state index contributed by atoms with van der Waals surface area (Å²) in [7, 11) is 0. The van der Waals surface area contributed by atoms with E-state index in [4.69, 9.17) is 5.11 Å². The van der Waals surface area contributed by atoms with Crippen LogP contribution in [0.5, 0.6) is 0 Å². The fourth-order valence-electron chi connectivity index (χ4n) is 0.854. The third-order valence-corrected chi connectivity index (χ3v) is 1.50. The molecule has 0 saturated carbocycles. The second-order valence-corrected chi connectivity index (χ2v) is 2.67. The number of allylic oxidation sites excluding steroid dienone is 4. The van der Waals surface area contributed by atoms with Crippen molar-refractivity contribution in [1.29, 1.82) is 0 Å². The van der Waals surface area contributed by atoms with Gasteiger partial charge in [0.05, 0.1) is 0 Å². The second-order valence-electron chi connectivity index (χ2n) is 2.67. The lowest BCUT2D eigenvalue weighted by Crippen LogP contribution is -2.28. The topological polar surface area (TPSA) is 71.4 Å². The summed E-state index contributed by atoms with van der Waals surface area (Å²) in [5.41, 5.74) is 0. The van der Waals surface area contributed by atoms with Crippen molar-refractivity contribution in [3.05, 3.63) is 24.3 Å². The first-order valence-electron chi connectivity index (χ1n) is 4.07. The summed E-state index contributed by atoms with van der Waals surface area (Å²) in [6.45, 7) is 2.84. The normalized spacial score (nSPS) is 13.3. The second kappa shape index (κ2) is 5.85. The van der Waals surface area contributed by atoms with Crippen LogP contribution >= 0.6 is 0 Å². The molecule has 1 N–H and O–H groups in total. The summed E-state index contributed by atoms with van der Waals surface area (Å²) in [5.74, 6) is -4.35. The van der Waals surface area contributed by atoms with Crippen molar-refractivity contribution in [2.75, 3.05) is 0 Å². The Kier molecular flexibility index (Phi) is 5.14. The van der Waals surface area contributed by atoms with Gasteiger partial charge in [0.25, 0.3) is 0 Å². The van der Waals surface area contributed by atoms with Crippen molar-refractivity contribution in [1.82, 2.24) is 0 Å². The van der Waals surface area contributed by atoms with Crippen molar-refractivity contribution < 1.29 is 19.5 Å². The lowest BCUT2D eigenvalue weighted by Gasteiger charge is -2.02. The van der Waals surface area contributed by atoms with E-state index in [1.807, 2.05) is 0 Å². The Labute approximate surface area is 81.9 Å². The Morgan fingerprint density at radius 1 is 1.21 bits per heavy atom. The summed E-state index contributed by atoms with van der Waals surface area (Å²) >= 11 is 0. The van der Waals surface area contributed by atoms with Crippen molar-refractivity contribution in [2.24, 2.45) is 5.92 Å². The molecule has 14 heavy (non-hydrogen) atoms. The van der Waals surface area contributed by atoms with Gasteiger partial charge in [-0.1, -0.05) is 18.2 Å². The molecule has 1 atom stereocenters. The first-order chi connectivity index (χ1) is 6.50. The third kappa shape index (κ3) is 3.80. The summed E-state index contributed by atoms with van der Waals surface area (Å²) in [4.78, 5) is 32.5. The van der Waals surface area contributed by atoms with Gasteiger partial charge in [-0.25, -0.2) is 0 Å². The molecule has 0 aromatic carbocycles. The Morgan fingerprint density at radius 2 is 1.79 bits per heavy atom. The Hall–Kier alpha value is -1.71. The van der Waals surface area contributed by atoms with E-state index in [0.717, 1.165) is 13.0 Å². The zero-order valence-corrected chi connectivity index (χ0v) is 8.06. The van der Waals surface area contributed by atoms with E-state index >= 15 is 0 Å². The summed E-state index contributed by atoms with van der Waals surface area (Å²) < 4.78 is 0. The first kappa shape index (κ1) is 12.3. The van der Waals surface area contributed by atoms with Gasteiger partial charge in [0, 0.05) is 0 Å². The fraction of sp³-hybridized carbons (Fsp3) is 0.300. The molecule has 0 bridgehead atoms. The van der Waals surface area contributed by atoms with Crippen LogP contribution in [0.3, 0.4) is 0 Å². The molecule has 0 amide bonds. The van der Waals surface area contributed by atoms with Crippen molar-refractivity contribution in [2.45, 2.75) is 13.8 Å². The average Bonchev–Trinajstić information content (AvgIpc) is 2.03. The smallest absolute Gasteiger partial charge is 0.322 e. The van der Waals surface area contributed by atoms with Gasteiger partial charge in [0.2, 0.25) is 0 Å². The quantitative estimate of drug-likeness (QED) is 0.404. The monoisotopic (exact) mass is 196 g/mol. The molecule has 0 radical (unpaired) electrons. The number of Topliss-reactive ketones (excluding diaryl/α,β-unsaturated/α-hetero) is 1. The largest absolute Gasteiger partial charge is 0.480 e. The van der Waals surface area contributed by atoms with Gasteiger partial charge in [0.15, 0.2) is 17.5 Å². The number of carbonyl (C=O) groups excluding carboxylic acids is 2. The molecule has 0 aliphatic rings. The van der Waals surface area contributed by atoms with Gasteiger partial charge < -0.3 is 5.11 Å². The molecule has 0 saturated heterocycles. The van der Waals surface area contributed by atoms with E-state index in [1.165, 1.54) is 6.08 Å². The van der Waals surface area contributed by atoms with Crippen LogP contribution < -0.4 is 0 Å². The SMILES string of the molecule is C/C=C/C=C/C(=O)C(C(C)=O)C(=O)O. The standard InChI is InChI=1S/C10H12O4/c1-3-4-5-6-8(12)9(7(2)11)10(13)14/h3-6,9H,1-2H3,(H,13,14)/b4-3+,6-5+. The van der Waals surface area contributed by atoms with Gasteiger partial charge in [0.1, 0.15) is 0 Å². The van der Waals surface area contributed by atoms with Crippen molar-refractivity contribution >= 4 is 17.5 Å². The maximum atomic E-state index is 11.2. The maximum Gasteiger partial charge on any atom is 0.322 e. The predicted molar refractivity (Wildman–Crippen MR) is 50.8 cm³/mol. The predicted octanol–water partition coefficient (Wildman–Crippen LogP) is 0.978. The average molecular weight is 196 g/mol. The molecule has 0 fully saturated rings. The molecule has 0 aliphatic heterocycles. The summed E-state index contributed by atoms with van der Waals surface area (Å²) in [6.07, 6.45) is 5.76. The van der Waals surface area contributed by atoms with Crippen LogP contribution in [0.25, 0.3) is 0 Å². The van der Waals surface area contributed by atoms with Crippen LogP contribution in [0.4, 0.5) is 0 Å². The fourth-order valence-corrected chi connectivity index (χ4v) is 0.854. The van der Waals surface area contributed by atoms with E-state index in [0.29, 0.717) is 0 Å². The van der Waals surface area contributed by atoms with Crippen molar-refractivity contribution in [3.8, 4) is 0 Å². The molecular formula is C10H12O4. The van der Waals surface area contributed by atoms with Gasteiger partial charge in [-0.05, 0) is 19.9 Å². The van der Waals surface area contributed by atoms with Crippen LogP contribution in [-0.4, -0.2) is 22.6 Å². The van der Waals surface area contributed by atoms with Crippen LogP contribution in [-0.2, 0) is 14.4 Å². The molecule has 4 nitrogen and oxygen atoms in total. The minimum absolute atomic E-state index is 0.660. The van der Waals surface area contributed by atoms with Gasteiger partial charge in [-0.3, -0.25) is 14.4 Å². The molecule has 0 heterocycles. The van der Waals surface area contributed by atoms with E-state index in [2.05, 4.69) is 0 Å². The third-order valence-electron chi connectivity index (χ3n) is 1.50. The number of hydrogen-bond acceptors (Lipinski definition) is 3. The Morgan fingerprint density at radius 3 is 2.14 bits per heavy atom. The molecule has 0 rings (SSSR count). The van der Waals surface area contributed by atoms with E-state index in [9.17, 15) is 14.4 Å². The molecule has 0 aromatic heterocycles. The van der Waals surface area contributed by atoms with Crippen LogP contribution in [0.2, 0.25) is 0 Å². The van der Waals surface area contributed by atoms with Crippen LogP contribution in [0, 0.1) is 5.92 Å². The molecule has 0 spiro atoms. The lowest BCUT2D eigenvalue weighted by molar-refractivity contribution is -0.148. The zero-order valence-electron chi connectivity index (χ0n) is 8.06. The highest BCUT2D eigenvalue weighted by atomic mass is 16.4. The minimum atomic E-state index is -1.57. The highest BCUT2D eigenvalue weighted by Crippen LogP contribution is 2.02. The highest BCUT2D eigenvalue weighted by molar-refractivity contribution is 6.19. The Balaban J connectivity index is 4.62. The lowest BCUT2D eigenvalue weighted by atomic mass is 10.00. The number of hydrogen-bond donors (Lipinski definition) is 1. The summed E-state index contributed by atoms with van der Waals surface area (Å²) in [5, 5.41) is 8.58. The molecule has 4 heteroatoms. The number of carboxylic acid groups (broad SMARTS) is 1. The Bertz CT molecular complexity index is 285.